The number of nitrogens with one attached hydrogen (secondary N) is 1. The second-order valence-corrected chi connectivity index (χ2v) is 3.94. The Balaban J connectivity index is 2.43. The van der Waals surface area contributed by atoms with E-state index in [4.69, 9.17) is 0 Å². The Morgan fingerprint density at radius 2 is 2.21 bits per heavy atom. The highest BCUT2D eigenvalue weighted by Gasteiger charge is 2.38. The van der Waals surface area contributed by atoms with Crippen molar-refractivity contribution in [3.05, 3.63) is 11.6 Å². The first-order chi connectivity index (χ1) is 6.39. The van der Waals surface area contributed by atoms with E-state index in [2.05, 4.69) is 5.32 Å². The standard InChI is InChI=1S/C10H15F2NO/c1-7(3-8(2)14)4-9-5-10(11,12)6-13-9/h3,9,13H,4-6H2,1-2H3/t9-/m1/s1. The number of rotatable bonds is 3. The van der Waals surface area contributed by atoms with E-state index in [1.165, 1.54) is 13.0 Å². The third-order valence-corrected chi connectivity index (χ3v) is 2.21. The van der Waals surface area contributed by atoms with Crippen molar-refractivity contribution in [1.82, 2.24) is 5.32 Å². The van der Waals surface area contributed by atoms with Crippen LogP contribution < -0.4 is 5.32 Å². The molecule has 0 bridgehead atoms. The summed E-state index contributed by atoms with van der Waals surface area (Å²) in [5, 5.41) is 2.75. The molecule has 80 valence electrons. The molecule has 0 saturated carbocycles. The summed E-state index contributed by atoms with van der Waals surface area (Å²) in [7, 11) is 0. The zero-order valence-corrected chi connectivity index (χ0v) is 8.44. The minimum atomic E-state index is -2.58. The van der Waals surface area contributed by atoms with Gasteiger partial charge in [-0.15, -0.1) is 0 Å². The molecule has 1 fully saturated rings. The lowest BCUT2D eigenvalue weighted by Crippen LogP contribution is -2.22. The van der Waals surface area contributed by atoms with Crippen molar-refractivity contribution in [1.29, 1.82) is 0 Å². The number of allylic oxidation sites excluding steroid dienone is 1. The molecular weight excluding hydrogens is 188 g/mol. The Kier molecular flexibility index (Phi) is 3.37. The molecule has 0 aromatic rings. The highest BCUT2D eigenvalue weighted by Crippen LogP contribution is 2.27. The van der Waals surface area contributed by atoms with Gasteiger partial charge in [-0.1, -0.05) is 5.57 Å². The maximum Gasteiger partial charge on any atom is 0.261 e. The van der Waals surface area contributed by atoms with E-state index in [0.717, 1.165) is 5.57 Å². The van der Waals surface area contributed by atoms with Gasteiger partial charge < -0.3 is 5.32 Å². The normalized spacial score (nSPS) is 26.6. The number of alkyl halides is 2. The van der Waals surface area contributed by atoms with Gasteiger partial charge in [0, 0.05) is 12.5 Å². The first-order valence-corrected chi connectivity index (χ1v) is 4.68. The number of ketones is 1. The van der Waals surface area contributed by atoms with Crippen molar-refractivity contribution >= 4 is 5.78 Å². The van der Waals surface area contributed by atoms with Crippen molar-refractivity contribution in [3.8, 4) is 0 Å². The zero-order valence-electron chi connectivity index (χ0n) is 8.44. The van der Waals surface area contributed by atoms with Crippen LogP contribution in [-0.4, -0.2) is 24.3 Å². The first-order valence-electron chi connectivity index (χ1n) is 4.68. The van der Waals surface area contributed by atoms with Crippen molar-refractivity contribution in [2.24, 2.45) is 0 Å². The molecule has 14 heavy (non-hydrogen) atoms. The quantitative estimate of drug-likeness (QED) is 0.710. The second-order valence-electron chi connectivity index (χ2n) is 3.94. The largest absolute Gasteiger partial charge is 0.308 e. The van der Waals surface area contributed by atoms with E-state index in [-0.39, 0.29) is 24.8 Å². The van der Waals surface area contributed by atoms with E-state index in [9.17, 15) is 13.6 Å². The summed E-state index contributed by atoms with van der Waals surface area (Å²) in [6.07, 6.45) is 1.89. The fourth-order valence-electron chi connectivity index (χ4n) is 1.74. The molecule has 2 nitrogen and oxygen atoms in total. The van der Waals surface area contributed by atoms with Gasteiger partial charge in [0.25, 0.3) is 5.92 Å². The van der Waals surface area contributed by atoms with Gasteiger partial charge in [0.2, 0.25) is 0 Å². The smallest absolute Gasteiger partial charge is 0.261 e. The van der Waals surface area contributed by atoms with Crippen molar-refractivity contribution < 1.29 is 13.6 Å². The minimum Gasteiger partial charge on any atom is -0.308 e. The average Bonchev–Trinajstić information content (AvgIpc) is 2.27. The van der Waals surface area contributed by atoms with Crippen LogP contribution in [0, 0.1) is 0 Å². The monoisotopic (exact) mass is 203 g/mol. The molecule has 1 saturated heterocycles. The van der Waals surface area contributed by atoms with Crippen LogP contribution in [0.4, 0.5) is 8.78 Å². The first kappa shape index (κ1) is 11.3. The van der Waals surface area contributed by atoms with Crippen LogP contribution in [0.1, 0.15) is 26.7 Å². The molecule has 0 radical (unpaired) electrons. The molecule has 0 aromatic carbocycles. The molecule has 1 aliphatic heterocycles. The molecule has 0 amide bonds. The maximum absolute atomic E-state index is 12.8. The molecule has 1 heterocycles. The maximum atomic E-state index is 12.8. The molecule has 0 aliphatic carbocycles. The number of halogens is 2. The van der Waals surface area contributed by atoms with Gasteiger partial charge in [-0.3, -0.25) is 4.79 Å². The van der Waals surface area contributed by atoms with Gasteiger partial charge in [0.15, 0.2) is 5.78 Å². The predicted molar refractivity (Wildman–Crippen MR) is 50.4 cm³/mol. The van der Waals surface area contributed by atoms with Crippen LogP contribution in [0.15, 0.2) is 11.6 Å². The number of carbonyl (C=O) groups is 1. The zero-order chi connectivity index (χ0) is 10.8. The van der Waals surface area contributed by atoms with Crippen LogP contribution in [0.25, 0.3) is 0 Å². The Morgan fingerprint density at radius 3 is 2.64 bits per heavy atom. The third-order valence-electron chi connectivity index (χ3n) is 2.21. The number of hydrogen-bond acceptors (Lipinski definition) is 2. The summed E-state index contributed by atoms with van der Waals surface area (Å²) in [5.41, 5.74) is 0.854. The van der Waals surface area contributed by atoms with E-state index < -0.39 is 5.92 Å². The summed E-state index contributed by atoms with van der Waals surface area (Å²) in [6.45, 7) is 3.00. The summed E-state index contributed by atoms with van der Waals surface area (Å²) < 4.78 is 25.5. The van der Waals surface area contributed by atoms with Gasteiger partial charge in [-0.25, -0.2) is 8.78 Å². The van der Waals surface area contributed by atoms with Gasteiger partial charge in [0.1, 0.15) is 0 Å². The Bertz CT molecular complexity index is 261. The van der Waals surface area contributed by atoms with Crippen LogP contribution in [0.5, 0.6) is 0 Å². The van der Waals surface area contributed by atoms with Gasteiger partial charge in [-0.05, 0) is 26.3 Å². The topological polar surface area (TPSA) is 29.1 Å². The summed E-state index contributed by atoms with van der Waals surface area (Å²) in [4.78, 5) is 10.7. The molecule has 1 aliphatic rings. The van der Waals surface area contributed by atoms with E-state index in [1.807, 2.05) is 0 Å². The molecule has 0 unspecified atom stereocenters. The van der Waals surface area contributed by atoms with Crippen molar-refractivity contribution in [2.45, 2.75) is 38.7 Å². The highest BCUT2D eigenvalue weighted by molar-refractivity contribution is 5.87. The highest BCUT2D eigenvalue weighted by atomic mass is 19.3. The van der Waals surface area contributed by atoms with Crippen LogP contribution >= 0.6 is 0 Å². The molecule has 4 heteroatoms. The molecule has 1 N–H and O–H groups in total. The van der Waals surface area contributed by atoms with Gasteiger partial charge >= 0.3 is 0 Å². The van der Waals surface area contributed by atoms with Crippen molar-refractivity contribution in [2.75, 3.05) is 6.54 Å². The number of hydrogen-bond donors (Lipinski definition) is 1. The molecule has 1 atom stereocenters. The Morgan fingerprint density at radius 1 is 1.57 bits per heavy atom. The van der Waals surface area contributed by atoms with E-state index in [1.54, 1.807) is 6.92 Å². The lowest BCUT2D eigenvalue weighted by Gasteiger charge is -2.09. The number of carbonyl (C=O) groups excluding carboxylic acids is 1. The lowest BCUT2D eigenvalue weighted by atomic mass is 10.0. The van der Waals surface area contributed by atoms with Gasteiger partial charge in [-0.2, -0.15) is 0 Å². The fourth-order valence-corrected chi connectivity index (χ4v) is 1.74. The van der Waals surface area contributed by atoms with Crippen molar-refractivity contribution in [3.63, 3.8) is 0 Å². The summed E-state index contributed by atoms with van der Waals surface area (Å²) in [6, 6.07) is -0.194. The molecule has 0 spiro atoms. The molecular formula is C10H15F2NO. The van der Waals surface area contributed by atoms with E-state index in [0.29, 0.717) is 6.42 Å². The van der Waals surface area contributed by atoms with Crippen LogP contribution in [0.3, 0.4) is 0 Å². The molecule has 0 aromatic heterocycles. The van der Waals surface area contributed by atoms with Crippen LogP contribution in [0.2, 0.25) is 0 Å². The third kappa shape index (κ3) is 3.54. The van der Waals surface area contributed by atoms with Crippen LogP contribution in [-0.2, 0) is 4.79 Å². The predicted octanol–water partition coefficient (Wildman–Crippen LogP) is 1.91. The Hall–Kier alpha value is -0.770. The average molecular weight is 203 g/mol. The summed E-state index contributed by atoms with van der Waals surface area (Å²) >= 11 is 0. The molecule has 1 rings (SSSR count). The SMILES string of the molecule is CC(=O)C=C(C)C[C@@H]1CC(F)(F)CN1. The Labute approximate surface area is 82.4 Å². The van der Waals surface area contributed by atoms with Gasteiger partial charge in [0.05, 0.1) is 6.54 Å². The minimum absolute atomic E-state index is 0.0349. The fraction of sp³-hybridized carbons (Fsp3) is 0.700. The summed E-state index contributed by atoms with van der Waals surface area (Å²) in [5.74, 6) is -2.62. The lowest BCUT2D eigenvalue weighted by molar-refractivity contribution is -0.112. The second kappa shape index (κ2) is 4.17. The van der Waals surface area contributed by atoms with E-state index >= 15 is 0 Å².